The van der Waals surface area contributed by atoms with Gasteiger partial charge in [-0.25, -0.2) is 13.1 Å². The number of rotatable bonds is 4. The average Bonchev–Trinajstić information content (AvgIpc) is 3.13. The van der Waals surface area contributed by atoms with Crippen LogP contribution in [0.5, 0.6) is 0 Å². The highest BCUT2D eigenvalue weighted by molar-refractivity contribution is 7.89. The zero-order chi connectivity index (χ0) is 21.5. The van der Waals surface area contributed by atoms with Gasteiger partial charge in [0.05, 0.1) is 10.4 Å². The molecule has 1 aromatic heterocycles. The molecule has 0 atom stereocenters. The van der Waals surface area contributed by atoms with Crippen LogP contribution in [0.15, 0.2) is 41.3 Å². The van der Waals surface area contributed by atoms with Crippen LogP contribution in [0.1, 0.15) is 35.8 Å². The van der Waals surface area contributed by atoms with Crippen molar-refractivity contribution in [2.45, 2.75) is 36.7 Å². The summed E-state index contributed by atoms with van der Waals surface area (Å²) in [5.41, 5.74) is 1.63. The summed E-state index contributed by atoms with van der Waals surface area (Å²) in [5, 5.41) is 0.767. The van der Waals surface area contributed by atoms with Gasteiger partial charge in [0.15, 0.2) is 0 Å². The molecular formula is C21H27ClN4O3S. The molecule has 1 N–H and O–H groups in total. The Labute approximate surface area is 182 Å². The fourth-order valence-electron chi connectivity index (χ4n) is 4.69. The summed E-state index contributed by atoms with van der Waals surface area (Å²) in [6.07, 6.45) is 1.67. The van der Waals surface area contributed by atoms with E-state index in [1.165, 1.54) is 17.8 Å². The molecule has 1 aromatic carbocycles. The lowest BCUT2D eigenvalue weighted by Crippen LogP contribution is -2.56. The van der Waals surface area contributed by atoms with Crippen molar-refractivity contribution in [1.29, 1.82) is 0 Å². The molecule has 2 aromatic rings. The molecule has 0 saturated carbocycles. The van der Waals surface area contributed by atoms with Crippen molar-refractivity contribution < 1.29 is 13.2 Å². The number of hydrogen-bond donors (Lipinski definition) is 1. The summed E-state index contributed by atoms with van der Waals surface area (Å²) in [5.74, 6) is -0.0656. The number of fused-ring (bicyclic) bond motifs is 2. The predicted molar refractivity (Wildman–Crippen MR) is 116 cm³/mol. The van der Waals surface area contributed by atoms with Gasteiger partial charge in [-0.1, -0.05) is 18.5 Å². The molecule has 30 heavy (non-hydrogen) atoms. The summed E-state index contributed by atoms with van der Waals surface area (Å²) < 4.78 is 28.8. The summed E-state index contributed by atoms with van der Waals surface area (Å²) >= 11 is 6.36. The van der Waals surface area contributed by atoms with Gasteiger partial charge < -0.3 is 9.47 Å². The fraction of sp³-hybridized carbons (Fsp3) is 0.476. The number of amides is 1. The quantitative estimate of drug-likeness (QED) is 0.776. The second-order valence-corrected chi connectivity index (χ2v) is 10.1. The Hall–Kier alpha value is -1.87. The van der Waals surface area contributed by atoms with Crippen LogP contribution in [0.4, 0.5) is 0 Å². The Kier molecular flexibility index (Phi) is 5.69. The van der Waals surface area contributed by atoms with E-state index in [9.17, 15) is 13.2 Å². The minimum atomic E-state index is -3.52. The molecule has 2 aliphatic rings. The maximum absolute atomic E-state index is 13.0. The van der Waals surface area contributed by atoms with Gasteiger partial charge in [0.2, 0.25) is 10.0 Å². The number of likely N-dealkylation sites (tertiary alicyclic amines) is 1. The number of hydrogen-bond acceptors (Lipinski definition) is 4. The lowest BCUT2D eigenvalue weighted by molar-refractivity contribution is 0.0131. The van der Waals surface area contributed by atoms with Crippen LogP contribution in [0, 0.1) is 0 Å². The van der Waals surface area contributed by atoms with Gasteiger partial charge in [-0.15, -0.1) is 0 Å². The van der Waals surface area contributed by atoms with E-state index in [1.54, 1.807) is 19.1 Å². The number of nitrogens with zero attached hydrogens (tertiary/aromatic N) is 3. The Bertz CT molecular complexity index is 1040. The number of halogens is 1. The van der Waals surface area contributed by atoms with E-state index >= 15 is 0 Å². The first-order chi connectivity index (χ1) is 14.3. The molecule has 9 heteroatoms. The summed E-state index contributed by atoms with van der Waals surface area (Å²) in [6.45, 7) is 5.14. The molecule has 1 spiro atoms. The molecule has 7 nitrogen and oxygen atoms in total. The van der Waals surface area contributed by atoms with Gasteiger partial charge in [-0.05, 0) is 56.3 Å². The van der Waals surface area contributed by atoms with Gasteiger partial charge in [0.25, 0.3) is 5.91 Å². The normalized spacial score (nSPS) is 19.1. The Morgan fingerprint density at radius 2 is 1.73 bits per heavy atom. The minimum Gasteiger partial charge on any atom is -0.338 e. The smallest absolute Gasteiger partial charge is 0.253 e. The highest BCUT2D eigenvalue weighted by atomic mass is 35.5. The van der Waals surface area contributed by atoms with Gasteiger partial charge >= 0.3 is 0 Å². The van der Waals surface area contributed by atoms with Gasteiger partial charge in [0, 0.05) is 44.0 Å². The minimum absolute atomic E-state index is 0.0656. The summed E-state index contributed by atoms with van der Waals surface area (Å²) in [6, 6.07) is 10.2. The number of likely N-dealkylation sites (N-methyl/N-ethyl adjacent to an activating group) is 1. The summed E-state index contributed by atoms with van der Waals surface area (Å²) in [7, 11) is -1.38. The topological polar surface area (TPSA) is 74.6 Å². The molecule has 0 radical (unpaired) electrons. The van der Waals surface area contributed by atoms with Crippen molar-refractivity contribution in [2.75, 3.05) is 33.2 Å². The highest BCUT2D eigenvalue weighted by Gasteiger charge is 2.44. The van der Waals surface area contributed by atoms with E-state index in [0.717, 1.165) is 31.1 Å². The Morgan fingerprint density at radius 1 is 1.07 bits per heavy atom. The number of sulfonamides is 1. The van der Waals surface area contributed by atoms with Crippen LogP contribution >= 0.6 is 11.6 Å². The lowest BCUT2D eigenvalue weighted by atomic mass is 9.81. The SMILES string of the molecule is CCNS(=O)(=O)c1ccc(C(=O)N2CCC3(CC2)c2ccc(Cl)n2CCN3C)cc1. The van der Waals surface area contributed by atoms with Crippen LogP contribution in [-0.2, 0) is 22.1 Å². The molecule has 1 fully saturated rings. The molecule has 0 unspecified atom stereocenters. The first-order valence-corrected chi connectivity index (χ1v) is 12.1. The highest BCUT2D eigenvalue weighted by Crippen LogP contribution is 2.42. The molecule has 162 valence electrons. The van der Waals surface area contributed by atoms with Crippen molar-refractivity contribution in [3.63, 3.8) is 0 Å². The molecule has 4 rings (SSSR count). The zero-order valence-electron chi connectivity index (χ0n) is 17.3. The van der Waals surface area contributed by atoms with Gasteiger partial charge in [-0.3, -0.25) is 9.69 Å². The van der Waals surface area contributed by atoms with Crippen LogP contribution in [-0.4, -0.2) is 61.9 Å². The van der Waals surface area contributed by atoms with Crippen molar-refractivity contribution in [3.8, 4) is 0 Å². The third kappa shape index (κ3) is 3.56. The van der Waals surface area contributed by atoms with Crippen molar-refractivity contribution >= 4 is 27.5 Å². The van der Waals surface area contributed by atoms with Crippen LogP contribution in [0.25, 0.3) is 0 Å². The van der Waals surface area contributed by atoms with E-state index in [-0.39, 0.29) is 16.3 Å². The number of nitrogens with one attached hydrogen (secondary N) is 1. The third-order valence-electron chi connectivity index (χ3n) is 6.42. The number of carbonyl (C=O) groups excluding carboxylic acids is 1. The first kappa shape index (κ1) is 21.4. The average molecular weight is 451 g/mol. The van der Waals surface area contributed by atoms with Crippen molar-refractivity contribution in [1.82, 2.24) is 19.1 Å². The van der Waals surface area contributed by atoms with E-state index in [4.69, 9.17) is 11.6 Å². The Morgan fingerprint density at radius 3 is 2.37 bits per heavy atom. The second-order valence-electron chi connectivity index (χ2n) is 7.96. The van der Waals surface area contributed by atoms with Gasteiger partial charge in [0.1, 0.15) is 5.15 Å². The maximum atomic E-state index is 13.0. The van der Waals surface area contributed by atoms with Crippen LogP contribution in [0.2, 0.25) is 5.15 Å². The number of carbonyl (C=O) groups is 1. The van der Waals surface area contributed by atoms with E-state index in [2.05, 4.69) is 27.3 Å². The lowest BCUT2D eigenvalue weighted by Gasteiger charge is -2.50. The van der Waals surface area contributed by atoms with Gasteiger partial charge in [-0.2, -0.15) is 0 Å². The largest absolute Gasteiger partial charge is 0.338 e. The van der Waals surface area contributed by atoms with Crippen molar-refractivity contribution in [3.05, 3.63) is 52.8 Å². The summed E-state index contributed by atoms with van der Waals surface area (Å²) in [4.78, 5) is 17.4. The fourth-order valence-corrected chi connectivity index (χ4v) is 5.97. The van der Waals surface area contributed by atoms with E-state index in [1.807, 2.05) is 11.0 Å². The van der Waals surface area contributed by atoms with E-state index in [0.29, 0.717) is 25.2 Å². The molecule has 0 aliphatic carbocycles. The van der Waals surface area contributed by atoms with Crippen LogP contribution < -0.4 is 4.72 Å². The maximum Gasteiger partial charge on any atom is 0.253 e. The Balaban J connectivity index is 1.49. The molecule has 1 amide bonds. The van der Waals surface area contributed by atoms with Crippen molar-refractivity contribution in [2.24, 2.45) is 0 Å². The standard InChI is InChI=1S/C21H27ClN4O3S/c1-3-23-30(28,29)17-6-4-16(5-7-17)20(27)25-12-10-21(11-13-25)18-8-9-19(22)26(18)15-14-24(21)2/h4-9,23H,3,10-15H2,1-2H3. The monoisotopic (exact) mass is 450 g/mol. The molecule has 0 bridgehead atoms. The predicted octanol–water partition coefficient (Wildman–Crippen LogP) is 2.52. The second kappa shape index (κ2) is 8.00. The van der Waals surface area contributed by atoms with Crippen LogP contribution in [0.3, 0.4) is 0 Å². The third-order valence-corrected chi connectivity index (χ3v) is 8.31. The molecule has 2 aliphatic heterocycles. The first-order valence-electron chi connectivity index (χ1n) is 10.2. The van der Waals surface area contributed by atoms with E-state index < -0.39 is 10.0 Å². The molecule has 1 saturated heterocycles. The number of benzene rings is 1. The molecular weight excluding hydrogens is 424 g/mol. The number of aromatic nitrogens is 1. The zero-order valence-corrected chi connectivity index (χ0v) is 18.8. The number of piperidine rings is 1. The molecule has 3 heterocycles.